The van der Waals surface area contributed by atoms with Crippen LogP contribution in [0.15, 0.2) is 59.2 Å². The van der Waals surface area contributed by atoms with Crippen LogP contribution in [-0.2, 0) is 0 Å². The van der Waals surface area contributed by atoms with Crippen LogP contribution in [0, 0.1) is 0 Å². The van der Waals surface area contributed by atoms with E-state index in [2.05, 4.69) is 9.72 Å². The van der Waals surface area contributed by atoms with Crippen LogP contribution < -0.4 is 10.5 Å². The predicted octanol–water partition coefficient (Wildman–Crippen LogP) is 4.01. The van der Waals surface area contributed by atoms with Crippen LogP contribution in [0.2, 0.25) is 0 Å². The van der Waals surface area contributed by atoms with E-state index in [0.717, 1.165) is 0 Å². The topological polar surface area (TPSA) is 78.4 Å². The lowest BCUT2D eigenvalue weighted by molar-refractivity contribution is -0.274. The summed E-state index contributed by atoms with van der Waals surface area (Å²) in [7, 11) is 0. The number of carbonyl (C=O) groups excluding carboxylic acids is 1. The molecule has 0 unspecified atom stereocenters. The first kappa shape index (κ1) is 16.6. The lowest BCUT2D eigenvalue weighted by atomic mass is 10.0. The molecule has 5 nitrogen and oxygen atoms in total. The number of carbonyl (C=O) groups is 1. The molecule has 8 heteroatoms. The van der Waals surface area contributed by atoms with Crippen molar-refractivity contribution in [2.75, 3.05) is 0 Å². The minimum absolute atomic E-state index is 0.249. The largest absolute Gasteiger partial charge is 0.573 e. The smallest absolute Gasteiger partial charge is 0.440 e. The third kappa shape index (κ3) is 3.79. The number of primary amides is 1. The highest BCUT2D eigenvalue weighted by Gasteiger charge is 2.32. The fourth-order valence-electron chi connectivity index (χ4n) is 2.28. The van der Waals surface area contributed by atoms with Gasteiger partial charge in [-0.05, 0) is 17.7 Å². The number of nitrogens with two attached hydrogens (primary N) is 1. The molecule has 0 fully saturated rings. The van der Waals surface area contributed by atoms with E-state index in [0.29, 0.717) is 16.8 Å². The maximum absolute atomic E-state index is 12.6. The Hall–Kier alpha value is -3.29. The molecule has 2 N–H and O–H groups in total. The van der Waals surface area contributed by atoms with Crippen molar-refractivity contribution in [1.82, 2.24) is 4.98 Å². The van der Waals surface area contributed by atoms with E-state index in [9.17, 15) is 18.0 Å². The Labute approximate surface area is 139 Å². The van der Waals surface area contributed by atoms with Gasteiger partial charge in [-0.25, -0.2) is 4.98 Å². The van der Waals surface area contributed by atoms with Crippen LogP contribution in [0.4, 0.5) is 13.2 Å². The van der Waals surface area contributed by atoms with E-state index in [4.69, 9.17) is 10.2 Å². The van der Waals surface area contributed by atoms with Gasteiger partial charge in [0.15, 0.2) is 0 Å². The lowest BCUT2D eigenvalue weighted by Gasteiger charge is -2.13. The summed E-state index contributed by atoms with van der Waals surface area (Å²) < 4.78 is 46.7. The van der Waals surface area contributed by atoms with Gasteiger partial charge < -0.3 is 14.9 Å². The van der Waals surface area contributed by atoms with Crippen LogP contribution in [0.3, 0.4) is 0 Å². The number of benzene rings is 2. The fourth-order valence-corrected chi connectivity index (χ4v) is 2.28. The number of hydrogen-bond donors (Lipinski definition) is 1. The van der Waals surface area contributed by atoms with E-state index in [-0.39, 0.29) is 17.2 Å². The third-order valence-electron chi connectivity index (χ3n) is 3.30. The number of halogens is 3. The zero-order valence-corrected chi connectivity index (χ0v) is 12.6. The van der Waals surface area contributed by atoms with Crippen molar-refractivity contribution >= 4 is 5.91 Å². The molecule has 0 bridgehead atoms. The van der Waals surface area contributed by atoms with Gasteiger partial charge in [-0.15, -0.1) is 13.2 Å². The fraction of sp³-hybridized carbons (Fsp3) is 0.0588. The molecule has 0 saturated carbocycles. The van der Waals surface area contributed by atoms with Crippen molar-refractivity contribution < 1.29 is 27.1 Å². The molecule has 128 valence electrons. The van der Waals surface area contributed by atoms with Gasteiger partial charge in [0.05, 0.1) is 0 Å². The summed E-state index contributed by atoms with van der Waals surface area (Å²) in [6.45, 7) is 0. The van der Waals surface area contributed by atoms with Gasteiger partial charge in [0, 0.05) is 11.1 Å². The minimum atomic E-state index is -4.80. The van der Waals surface area contributed by atoms with Crippen LogP contribution in [0.25, 0.3) is 22.4 Å². The summed E-state index contributed by atoms with van der Waals surface area (Å²) >= 11 is 0. The van der Waals surface area contributed by atoms with E-state index >= 15 is 0 Å². The molecule has 0 atom stereocenters. The third-order valence-corrected chi connectivity index (χ3v) is 3.30. The van der Waals surface area contributed by atoms with Gasteiger partial charge in [-0.1, -0.05) is 36.4 Å². The summed E-state index contributed by atoms with van der Waals surface area (Å²) in [6, 6.07) is 12.4. The molecule has 3 rings (SSSR count). The number of ether oxygens (including phenoxy) is 1. The molecular formula is C17H11F3N2O3. The molecule has 0 aliphatic rings. The second-order valence-corrected chi connectivity index (χ2v) is 5.03. The molecule has 1 amide bonds. The van der Waals surface area contributed by atoms with Crippen LogP contribution in [0.5, 0.6) is 5.75 Å². The van der Waals surface area contributed by atoms with E-state index in [1.165, 1.54) is 24.5 Å². The Kier molecular flexibility index (Phi) is 4.18. The molecule has 3 aromatic rings. The zero-order valence-electron chi connectivity index (χ0n) is 12.6. The average molecular weight is 348 g/mol. The molecule has 0 radical (unpaired) electrons. The highest BCUT2D eigenvalue weighted by atomic mass is 19.4. The number of hydrogen-bond acceptors (Lipinski definition) is 4. The van der Waals surface area contributed by atoms with E-state index < -0.39 is 12.3 Å². The van der Waals surface area contributed by atoms with Crippen molar-refractivity contribution in [2.45, 2.75) is 6.36 Å². The van der Waals surface area contributed by atoms with Crippen molar-refractivity contribution in [3.8, 4) is 28.1 Å². The number of amides is 1. The van der Waals surface area contributed by atoms with Gasteiger partial charge in [-0.2, -0.15) is 0 Å². The summed E-state index contributed by atoms with van der Waals surface area (Å²) in [6.07, 6.45) is -3.55. The Morgan fingerprint density at radius 3 is 2.48 bits per heavy atom. The summed E-state index contributed by atoms with van der Waals surface area (Å²) in [5.41, 5.74) is 6.73. The first-order valence-corrected chi connectivity index (χ1v) is 7.04. The van der Waals surface area contributed by atoms with Crippen molar-refractivity contribution in [3.63, 3.8) is 0 Å². The summed E-state index contributed by atoms with van der Waals surface area (Å²) in [4.78, 5) is 15.0. The molecule has 1 aromatic heterocycles. The molecule has 2 aromatic carbocycles. The second-order valence-electron chi connectivity index (χ2n) is 5.03. The molecule has 0 aliphatic heterocycles. The number of oxazole rings is 1. The first-order chi connectivity index (χ1) is 11.8. The Morgan fingerprint density at radius 1 is 1.08 bits per heavy atom. The molecule has 0 saturated heterocycles. The summed E-state index contributed by atoms with van der Waals surface area (Å²) in [5.74, 6) is -1.38. The Balaban J connectivity index is 2.01. The SMILES string of the molecule is NC(=O)c1nc(-c2cccc(-c3ccccc3OC(F)(F)F)c2)co1. The number of para-hydroxylation sites is 1. The normalized spacial score (nSPS) is 11.3. The van der Waals surface area contributed by atoms with Gasteiger partial charge in [-0.3, -0.25) is 4.79 Å². The average Bonchev–Trinajstić information content (AvgIpc) is 3.04. The van der Waals surface area contributed by atoms with E-state index in [1.807, 2.05) is 0 Å². The molecule has 0 aliphatic carbocycles. The first-order valence-electron chi connectivity index (χ1n) is 7.04. The molecule has 25 heavy (non-hydrogen) atoms. The standard InChI is InChI=1S/C17H11F3N2O3/c18-17(19,20)25-14-7-2-1-6-12(14)10-4-3-5-11(8-10)13-9-24-16(22-13)15(21)23/h1-9H,(H2,21,23). The van der Waals surface area contributed by atoms with E-state index in [1.54, 1.807) is 30.3 Å². The van der Waals surface area contributed by atoms with Crippen LogP contribution in [0.1, 0.15) is 10.7 Å². The number of alkyl halides is 3. The van der Waals surface area contributed by atoms with Gasteiger partial charge in [0.1, 0.15) is 17.7 Å². The van der Waals surface area contributed by atoms with Crippen molar-refractivity contribution in [1.29, 1.82) is 0 Å². The zero-order chi connectivity index (χ0) is 18.0. The lowest BCUT2D eigenvalue weighted by Crippen LogP contribution is -2.17. The predicted molar refractivity (Wildman–Crippen MR) is 82.6 cm³/mol. The Morgan fingerprint density at radius 2 is 1.80 bits per heavy atom. The highest BCUT2D eigenvalue weighted by molar-refractivity contribution is 5.88. The quantitative estimate of drug-likeness (QED) is 0.773. The van der Waals surface area contributed by atoms with Crippen molar-refractivity contribution in [2.24, 2.45) is 5.73 Å². The van der Waals surface area contributed by atoms with Crippen LogP contribution >= 0.6 is 0 Å². The Bertz CT molecular complexity index is 919. The van der Waals surface area contributed by atoms with Gasteiger partial charge in [0.25, 0.3) is 5.89 Å². The number of aromatic nitrogens is 1. The van der Waals surface area contributed by atoms with Gasteiger partial charge >= 0.3 is 12.3 Å². The molecular weight excluding hydrogens is 337 g/mol. The maximum Gasteiger partial charge on any atom is 0.573 e. The van der Waals surface area contributed by atoms with Gasteiger partial charge in [0.2, 0.25) is 0 Å². The minimum Gasteiger partial charge on any atom is -0.440 e. The van der Waals surface area contributed by atoms with Crippen molar-refractivity contribution in [3.05, 3.63) is 60.7 Å². The number of nitrogens with zero attached hydrogens (tertiary/aromatic N) is 1. The highest BCUT2D eigenvalue weighted by Crippen LogP contribution is 2.35. The number of rotatable bonds is 4. The summed E-state index contributed by atoms with van der Waals surface area (Å²) in [5, 5.41) is 0. The monoisotopic (exact) mass is 348 g/mol. The van der Waals surface area contributed by atoms with Crippen LogP contribution in [-0.4, -0.2) is 17.3 Å². The maximum atomic E-state index is 12.6. The second kappa shape index (κ2) is 6.31. The molecule has 0 spiro atoms. The molecule has 1 heterocycles.